The molecule has 0 aliphatic carbocycles. The highest BCUT2D eigenvalue weighted by Crippen LogP contribution is 2.25. The fourth-order valence-electron chi connectivity index (χ4n) is 1.66. The lowest BCUT2D eigenvalue weighted by Crippen LogP contribution is -2.07. The first kappa shape index (κ1) is 13.7. The summed E-state index contributed by atoms with van der Waals surface area (Å²) in [6.07, 6.45) is 2.84. The molecule has 0 bridgehead atoms. The van der Waals surface area contributed by atoms with E-state index in [2.05, 4.69) is 30.4 Å². The summed E-state index contributed by atoms with van der Waals surface area (Å²) in [6.45, 7) is 1.96. The zero-order valence-corrected chi connectivity index (χ0v) is 12.3. The summed E-state index contributed by atoms with van der Waals surface area (Å²) in [6, 6.07) is 5.59. The molecule has 0 aliphatic heterocycles. The Morgan fingerprint density at radius 3 is 2.76 bits per heavy atom. The van der Waals surface area contributed by atoms with E-state index in [0.717, 1.165) is 5.56 Å². The second-order valence-corrected chi connectivity index (χ2v) is 4.92. The predicted molar refractivity (Wildman–Crippen MR) is 79.2 cm³/mol. The number of nitrogens with zero attached hydrogens (tertiary/aromatic N) is 6. The van der Waals surface area contributed by atoms with Crippen LogP contribution in [0.2, 0.25) is 10.3 Å². The lowest BCUT2D eigenvalue weighted by molar-refractivity contribution is 0.796. The van der Waals surface area contributed by atoms with Gasteiger partial charge in [0.05, 0.1) is 10.7 Å². The van der Waals surface area contributed by atoms with E-state index in [9.17, 15) is 0 Å². The molecule has 1 aromatic carbocycles. The highest BCUT2D eigenvalue weighted by molar-refractivity contribution is 6.33. The Kier molecular flexibility index (Phi) is 3.68. The Bertz CT molecular complexity index is 773. The highest BCUT2D eigenvalue weighted by Gasteiger charge is 2.09. The van der Waals surface area contributed by atoms with Gasteiger partial charge >= 0.3 is 0 Å². The SMILES string of the molecule is Cc1ccc(Cl)c(Nc2nc(Cl)nc(-n3cncn3)n2)c1. The van der Waals surface area contributed by atoms with Crippen molar-refractivity contribution in [1.29, 1.82) is 0 Å². The van der Waals surface area contributed by atoms with Gasteiger partial charge in [-0.25, -0.2) is 4.98 Å². The predicted octanol–water partition coefficient (Wildman–Crippen LogP) is 2.81. The van der Waals surface area contributed by atoms with Crippen LogP contribution in [0.15, 0.2) is 30.9 Å². The molecule has 0 spiro atoms. The minimum absolute atomic E-state index is 0.0433. The molecule has 1 N–H and O–H groups in total. The highest BCUT2D eigenvalue weighted by atomic mass is 35.5. The Hall–Kier alpha value is -2.25. The van der Waals surface area contributed by atoms with Crippen molar-refractivity contribution >= 4 is 34.8 Å². The van der Waals surface area contributed by atoms with Gasteiger partial charge in [-0.05, 0) is 36.2 Å². The van der Waals surface area contributed by atoms with Crippen molar-refractivity contribution < 1.29 is 0 Å². The molecule has 2 aromatic heterocycles. The minimum atomic E-state index is 0.0433. The van der Waals surface area contributed by atoms with Crippen molar-refractivity contribution in [3.8, 4) is 5.95 Å². The lowest BCUT2D eigenvalue weighted by atomic mass is 10.2. The number of benzene rings is 1. The van der Waals surface area contributed by atoms with E-state index in [1.54, 1.807) is 6.07 Å². The number of rotatable bonds is 3. The fourth-order valence-corrected chi connectivity index (χ4v) is 1.99. The zero-order valence-electron chi connectivity index (χ0n) is 10.8. The lowest BCUT2D eigenvalue weighted by Gasteiger charge is -2.08. The van der Waals surface area contributed by atoms with Crippen LogP contribution in [-0.4, -0.2) is 29.7 Å². The van der Waals surface area contributed by atoms with Gasteiger partial charge in [0, 0.05) is 0 Å². The van der Waals surface area contributed by atoms with E-state index < -0.39 is 0 Å². The topological polar surface area (TPSA) is 81.4 Å². The summed E-state index contributed by atoms with van der Waals surface area (Å²) in [5, 5.41) is 7.56. The molecule has 3 aromatic rings. The van der Waals surface area contributed by atoms with Gasteiger partial charge in [-0.1, -0.05) is 17.7 Å². The van der Waals surface area contributed by atoms with Gasteiger partial charge in [-0.2, -0.15) is 24.7 Å². The van der Waals surface area contributed by atoms with Gasteiger partial charge in [0.2, 0.25) is 11.2 Å². The van der Waals surface area contributed by atoms with Crippen molar-refractivity contribution in [2.75, 3.05) is 5.32 Å². The van der Waals surface area contributed by atoms with Crippen molar-refractivity contribution in [2.45, 2.75) is 6.92 Å². The Labute approximate surface area is 130 Å². The van der Waals surface area contributed by atoms with Crippen LogP contribution in [0.25, 0.3) is 5.95 Å². The van der Waals surface area contributed by atoms with Crippen molar-refractivity contribution in [2.24, 2.45) is 0 Å². The molecule has 106 valence electrons. The van der Waals surface area contributed by atoms with Crippen molar-refractivity contribution in [3.63, 3.8) is 0 Å². The maximum absolute atomic E-state index is 6.13. The normalized spacial score (nSPS) is 10.6. The Morgan fingerprint density at radius 2 is 2.00 bits per heavy atom. The molecule has 2 heterocycles. The van der Waals surface area contributed by atoms with E-state index in [4.69, 9.17) is 23.2 Å². The third kappa shape index (κ3) is 3.09. The smallest absolute Gasteiger partial charge is 0.258 e. The van der Waals surface area contributed by atoms with Crippen LogP contribution >= 0.6 is 23.2 Å². The maximum atomic E-state index is 6.13. The van der Waals surface area contributed by atoms with Crippen LogP contribution in [0.5, 0.6) is 0 Å². The standard InChI is InChI=1S/C12H9Cl2N7/c1-7-2-3-8(13)9(4-7)17-11-18-10(14)19-12(20-11)21-6-15-5-16-21/h2-6H,1H3,(H,17,18,19,20). The summed E-state index contributed by atoms with van der Waals surface area (Å²) < 4.78 is 1.39. The number of nitrogens with one attached hydrogen (secondary N) is 1. The van der Waals surface area contributed by atoms with Crippen molar-refractivity contribution in [1.82, 2.24) is 29.7 Å². The van der Waals surface area contributed by atoms with E-state index in [1.807, 2.05) is 19.1 Å². The summed E-state index contributed by atoms with van der Waals surface area (Å²) in [5.74, 6) is 0.534. The Morgan fingerprint density at radius 1 is 1.14 bits per heavy atom. The van der Waals surface area contributed by atoms with Gasteiger partial charge in [-0.3, -0.25) is 0 Å². The average molecular weight is 322 g/mol. The van der Waals surface area contributed by atoms with Crippen LogP contribution in [0, 0.1) is 6.92 Å². The molecule has 0 aliphatic rings. The number of hydrogen-bond acceptors (Lipinski definition) is 6. The van der Waals surface area contributed by atoms with Gasteiger partial charge in [0.25, 0.3) is 5.95 Å². The van der Waals surface area contributed by atoms with E-state index >= 15 is 0 Å². The van der Waals surface area contributed by atoms with Crippen LogP contribution in [0.4, 0.5) is 11.6 Å². The molecular weight excluding hydrogens is 313 g/mol. The first-order valence-corrected chi connectivity index (χ1v) is 6.67. The molecule has 0 saturated carbocycles. The van der Waals surface area contributed by atoms with E-state index in [0.29, 0.717) is 10.7 Å². The third-order valence-corrected chi connectivity index (χ3v) is 3.09. The third-order valence-electron chi connectivity index (χ3n) is 2.59. The number of anilines is 2. The number of hydrogen-bond donors (Lipinski definition) is 1. The summed E-state index contributed by atoms with van der Waals surface area (Å²) in [4.78, 5) is 16.1. The first-order valence-electron chi connectivity index (χ1n) is 5.91. The van der Waals surface area contributed by atoms with E-state index in [1.165, 1.54) is 17.3 Å². The Balaban J connectivity index is 1.97. The van der Waals surface area contributed by atoms with Crippen LogP contribution < -0.4 is 5.32 Å². The molecule has 0 saturated heterocycles. The quantitative estimate of drug-likeness (QED) is 0.798. The molecule has 7 nitrogen and oxygen atoms in total. The van der Waals surface area contributed by atoms with Gasteiger partial charge < -0.3 is 5.32 Å². The van der Waals surface area contributed by atoms with Crippen LogP contribution in [0.3, 0.4) is 0 Å². The van der Waals surface area contributed by atoms with Crippen LogP contribution in [-0.2, 0) is 0 Å². The number of aryl methyl sites for hydroxylation is 1. The molecule has 9 heteroatoms. The zero-order chi connectivity index (χ0) is 14.8. The average Bonchev–Trinajstić information content (AvgIpc) is 2.96. The number of halogens is 2. The second kappa shape index (κ2) is 5.63. The van der Waals surface area contributed by atoms with E-state index in [-0.39, 0.29) is 17.2 Å². The second-order valence-electron chi connectivity index (χ2n) is 4.18. The summed E-state index contributed by atoms with van der Waals surface area (Å²) in [7, 11) is 0. The van der Waals surface area contributed by atoms with Gasteiger partial charge in [-0.15, -0.1) is 0 Å². The molecule has 0 amide bonds. The molecular formula is C12H9Cl2N7. The molecule has 3 rings (SSSR count). The van der Waals surface area contributed by atoms with Gasteiger partial charge in [0.1, 0.15) is 12.7 Å². The fraction of sp³-hybridized carbons (Fsp3) is 0.0833. The summed E-state index contributed by atoms with van der Waals surface area (Å²) >= 11 is 12.0. The molecule has 21 heavy (non-hydrogen) atoms. The molecule has 0 radical (unpaired) electrons. The van der Waals surface area contributed by atoms with Crippen molar-refractivity contribution in [3.05, 3.63) is 46.7 Å². The molecule has 0 fully saturated rings. The maximum Gasteiger partial charge on any atom is 0.258 e. The molecule has 0 unspecified atom stereocenters. The largest absolute Gasteiger partial charge is 0.323 e. The summed E-state index contributed by atoms with van der Waals surface area (Å²) in [5.41, 5.74) is 1.74. The first-order chi connectivity index (χ1) is 10.1. The minimum Gasteiger partial charge on any atom is -0.323 e. The van der Waals surface area contributed by atoms with Gasteiger partial charge in [0.15, 0.2) is 0 Å². The molecule has 0 atom stereocenters. The number of aromatic nitrogens is 6. The monoisotopic (exact) mass is 321 g/mol. The van der Waals surface area contributed by atoms with Crippen LogP contribution in [0.1, 0.15) is 5.56 Å².